The Balaban J connectivity index is 2.12. The highest BCUT2D eigenvalue weighted by molar-refractivity contribution is 7.89. The molecule has 1 unspecified atom stereocenters. The SMILES string of the molecule is C=C(CC(c1cccc(OC)c1OC)N(C)S(=O)(=O)c1ccc(C)cc1)c1cc(OC)cc(OC)c1. The Morgan fingerprint density at radius 2 is 1.50 bits per heavy atom. The Kier molecular flexibility index (Phi) is 8.66. The maximum Gasteiger partial charge on any atom is 0.243 e. The van der Waals surface area contributed by atoms with Crippen LogP contribution in [-0.4, -0.2) is 48.2 Å². The Labute approximate surface area is 213 Å². The van der Waals surface area contributed by atoms with E-state index in [9.17, 15) is 8.42 Å². The van der Waals surface area contributed by atoms with E-state index < -0.39 is 16.1 Å². The third kappa shape index (κ3) is 5.66. The molecule has 0 bridgehead atoms. The summed E-state index contributed by atoms with van der Waals surface area (Å²) in [6, 6.07) is 17.0. The van der Waals surface area contributed by atoms with Crippen molar-refractivity contribution in [3.05, 3.63) is 83.9 Å². The molecular weight excluding hydrogens is 478 g/mol. The summed E-state index contributed by atoms with van der Waals surface area (Å²) in [7, 11) is 3.95. The lowest BCUT2D eigenvalue weighted by Crippen LogP contribution is -2.32. The summed E-state index contributed by atoms with van der Waals surface area (Å²) in [4.78, 5) is 0.205. The maximum atomic E-state index is 13.7. The van der Waals surface area contributed by atoms with Gasteiger partial charge in [0.05, 0.1) is 39.4 Å². The minimum atomic E-state index is -3.85. The quantitative estimate of drug-likeness (QED) is 0.339. The van der Waals surface area contributed by atoms with Crippen LogP contribution in [-0.2, 0) is 10.0 Å². The summed E-state index contributed by atoms with van der Waals surface area (Å²) < 4.78 is 50.8. The molecule has 0 fully saturated rings. The van der Waals surface area contributed by atoms with Crippen molar-refractivity contribution in [2.45, 2.75) is 24.3 Å². The van der Waals surface area contributed by atoms with Crippen molar-refractivity contribution in [3.8, 4) is 23.0 Å². The second-order valence-corrected chi connectivity index (χ2v) is 10.3. The molecule has 3 aromatic rings. The lowest BCUT2D eigenvalue weighted by molar-refractivity contribution is 0.330. The van der Waals surface area contributed by atoms with Crippen molar-refractivity contribution in [3.63, 3.8) is 0 Å². The number of ether oxygens (including phenoxy) is 4. The van der Waals surface area contributed by atoms with Gasteiger partial charge in [-0.1, -0.05) is 36.4 Å². The van der Waals surface area contributed by atoms with Crippen LogP contribution in [0.15, 0.2) is 72.1 Å². The van der Waals surface area contributed by atoms with Crippen LogP contribution in [0.1, 0.15) is 29.2 Å². The maximum absolute atomic E-state index is 13.7. The van der Waals surface area contributed by atoms with E-state index >= 15 is 0 Å². The molecule has 0 spiro atoms. The molecule has 0 radical (unpaired) electrons. The van der Waals surface area contributed by atoms with E-state index in [4.69, 9.17) is 18.9 Å². The summed E-state index contributed by atoms with van der Waals surface area (Å²) in [5, 5.41) is 0. The predicted octanol–water partition coefficient (Wildman–Crippen LogP) is 5.49. The van der Waals surface area contributed by atoms with Crippen LogP contribution < -0.4 is 18.9 Å². The molecule has 0 aliphatic rings. The Morgan fingerprint density at radius 3 is 2.03 bits per heavy atom. The van der Waals surface area contributed by atoms with Gasteiger partial charge in [-0.15, -0.1) is 0 Å². The van der Waals surface area contributed by atoms with Crippen molar-refractivity contribution in [2.24, 2.45) is 0 Å². The van der Waals surface area contributed by atoms with Crippen LogP contribution in [0.3, 0.4) is 0 Å². The van der Waals surface area contributed by atoms with Crippen molar-refractivity contribution >= 4 is 15.6 Å². The highest BCUT2D eigenvalue weighted by atomic mass is 32.2. The highest BCUT2D eigenvalue weighted by Gasteiger charge is 2.32. The standard InChI is InChI=1S/C28H33NO6S/c1-19-11-13-24(14-12-19)36(30,31)29(3)26(25-9-8-10-27(34-6)28(25)35-7)15-20(2)21-16-22(32-4)18-23(17-21)33-5/h8-14,16-18,26H,2,15H2,1,3-7H3. The number of benzene rings is 3. The Bertz CT molecular complexity index is 1300. The van der Waals surface area contributed by atoms with Crippen LogP contribution in [0.4, 0.5) is 0 Å². The van der Waals surface area contributed by atoms with Gasteiger partial charge in [-0.25, -0.2) is 8.42 Å². The van der Waals surface area contributed by atoms with Crippen molar-refractivity contribution < 1.29 is 27.4 Å². The fourth-order valence-electron chi connectivity index (χ4n) is 4.02. The number of hydrogen-bond acceptors (Lipinski definition) is 6. The predicted molar refractivity (Wildman–Crippen MR) is 142 cm³/mol. The van der Waals surface area contributed by atoms with Crippen LogP contribution in [0, 0.1) is 6.92 Å². The fourth-order valence-corrected chi connectivity index (χ4v) is 5.35. The van der Waals surface area contributed by atoms with Gasteiger partial charge in [-0.05, 0) is 54.8 Å². The van der Waals surface area contributed by atoms with Gasteiger partial charge in [0.15, 0.2) is 11.5 Å². The van der Waals surface area contributed by atoms with Gasteiger partial charge >= 0.3 is 0 Å². The van der Waals surface area contributed by atoms with Gasteiger partial charge in [0.25, 0.3) is 0 Å². The van der Waals surface area contributed by atoms with Gasteiger partial charge in [0, 0.05) is 18.7 Å². The molecule has 0 heterocycles. The zero-order valence-corrected chi connectivity index (χ0v) is 22.4. The Hall–Kier alpha value is -3.49. The minimum absolute atomic E-state index is 0.205. The molecule has 3 rings (SSSR count). The molecule has 0 saturated heterocycles. The third-order valence-electron chi connectivity index (χ3n) is 6.13. The molecule has 0 aliphatic heterocycles. The number of sulfonamides is 1. The summed E-state index contributed by atoms with van der Waals surface area (Å²) >= 11 is 0. The zero-order valence-electron chi connectivity index (χ0n) is 21.6. The molecule has 0 aliphatic carbocycles. The molecule has 192 valence electrons. The van der Waals surface area contributed by atoms with Gasteiger partial charge in [-0.2, -0.15) is 4.31 Å². The number of nitrogens with zero attached hydrogens (tertiary/aromatic N) is 1. The van der Waals surface area contributed by atoms with Gasteiger partial charge in [0.2, 0.25) is 10.0 Å². The number of rotatable bonds is 11. The van der Waals surface area contributed by atoms with Gasteiger partial charge < -0.3 is 18.9 Å². The normalized spacial score (nSPS) is 12.2. The molecule has 7 nitrogen and oxygen atoms in total. The van der Waals surface area contributed by atoms with E-state index in [1.54, 1.807) is 64.8 Å². The first-order valence-electron chi connectivity index (χ1n) is 11.3. The van der Waals surface area contributed by atoms with E-state index in [2.05, 4.69) is 6.58 Å². The average Bonchev–Trinajstić information content (AvgIpc) is 2.90. The number of aryl methyl sites for hydroxylation is 1. The Morgan fingerprint density at radius 1 is 0.889 bits per heavy atom. The number of para-hydroxylation sites is 1. The number of methoxy groups -OCH3 is 4. The van der Waals surface area contributed by atoms with E-state index in [0.717, 1.165) is 11.1 Å². The van der Waals surface area contributed by atoms with Crippen LogP contribution in [0.5, 0.6) is 23.0 Å². The van der Waals surface area contributed by atoms with E-state index in [1.165, 1.54) is 11.4 Å². The fraction of sp³-hybridized carbons (Fsp3) is 0.286. The molecular formula is C28H33NO6S. The summed E-state index contributed by atoms with van der Waals surface area (Å²) in [6.45, 7) is 6.20. The molecule has 0 aromatic heterocycles. The smallest absolute Gasteiger partial charge is 0.243 e. The minimum Gasteiger partial charge on any atom is -0.497 e. The largest absolute Gasteiger partial charge is 0.497 e. The molecule has 3 aromatic carbocycles. The zero-order chi connectivity index (χ0) is 26.5. The number of hydrogen-bond donors (Lipinski definition) is 0. The van der Waals surface area contributed by atoms with Crippen LogP contribution >= 0.6 is 0 Å². The molecule has 8 heteroatoms. The van der Waals surface area contributed by atoms with Crippen LogP contribution in [0.25, 0.3) is 5.57 Å². The summed E-state index contributed by atoms with van der Waals surface area (Å²) in [6.07, 6.45) is 0.279. The average molecular weight is 512 g/mol. The van der Waals surface area contributed by atoms with Crippen molar-refractivity contribution in [1.29, 1.82) is 0 Å². The lowest BCUT2D eigenvalue weighted by Gasteiger charge is -2.30. The first-order valence-corrected chi connectivity index (χ1v) is 12.8. The second-order valence-electron chi connectivity index (χ2n) is 8.34. The second kappa shape index (κ2) is 11.5. The summed E-state index contributed by atoms with van der Waals surface area (Å²) in [5.41, 5.74) is 3.11. The molecule has 0 saturated carbocycles. The summed E-state index contributed by atoms with van der Waals surface area (Å²) in [5.74, 6) is 2.20. The monoisotopic (exact) mass is 511 g/mol. The highest BCUT2D eigenvalue weighted by Crippen LogP contribution is 2.42. The first-order chi connectivity index (χ1) is 17.2. The topological polar surface area (TPSA) is 74.3 Å². The van der Waals surface area contributed by atoms with E-state index in [0.29, 0.717) is 34.1 Å². The van der Waals surface area contributed by atoms with E-state index in [1.807, 2.05) is 31.2 Å². The van der Waals surface area contributed by atoms with Crippen molar-refractivity contribution in [1.82, 2.24) is 4.31 Å². The molecule has 1 atom stereocenters. The van der Waals surface area contributed by atoms with Gasteiger partial charge in [0.1, 0.15) is 11.5 Å². The third-order valence-corrected chi connectivity index (χ3v) is 8.01. The molecule has 0 N–H and O–H groups in total. The van der Waals surface area contributed by atoms with E-state index in [-0.39, 0.29) is 11.3 Å². The van der Waals surface area contributed by atoms with Crippen LogP contribution in [0.2, 0.25) is 0 Å². The van der Waals surface area contributed by atoms with Gasteiger partial charge in [-0.3, -0.25) is 0 Å². The lowest BCUT2D eigenvalue weighted by atomic mass is 9.94. The molecule has 36 heavy (non-hydrogen) atoms. The van der Waals surface area contributed by atoms with Crippen molar-refractivity contribution in [2.75, 3.05) is 35.5 Å². The first kappa shape index (κ1) is 27.1. The molecule has 0 amide bonds.